The van der Waals surface area contributed by atoms with E-state index in [1.165, 1.54) is 0 Å². The predicted octanol–water partition coefficient (Wildman–Crippen LogP) is 6.56. The summed E-state index contributed by atoms with van der Waals surface area (Å²) in [6.45, 7) is 12.3. The molecule has 0 spiro atoms. The van der Waals surface area contributed by atoms with Gasteiger partial charge in [0.25, 0.3) is 0 Å². The van der Waals surface area contributed by atoms with Gasteiger partial charge < -0.3 is 0 Å². The fourth-order valence-electron chi connectivity index (χ4n) is 2.62. The highest BCUT2D eigenvalue weighted by Crippen LogP contribution is 2.34. The van der Waals surface area contributed by atoms with E-state index in [1.54, 1.807) is 12.1 Å². The lowest BCUT2D eigenvalue weighted by atomic mass is 9.73. The van der Waals surface area contributed by atoms with Crippen LogP contribution in [0.25, 0.3) is 0 Å². The molecule has 1 atom stereocenters. The van der Waals surface area contributed by atoms with E-state index in [0.29, 0.717) is 15.4 Å². The maximum absolute atomic E-state index is 13.7. The van der Waals surface area contributed by atoms with Crippen molar-refractivity contribution in [1.29, 1.82) is 0 Å². The van der Waals surface area contributed by atoms with Crippen LogP contribution < -0.4 is 0 Å². The number of hydrogen-bond donors (Lipinski definition) is 0. The van der Waals surface area contributed by atoms with Crippen LogP contribution in [0.3, 0.4) is 0 Å². The van der Waals surface area contributed by atoms with Crippen molar-refractivity contribution in [3.8, 4) is 0 Å². The average molecular weight is 436 g/mol. The molecule has 0 heterocycles. The molecule has 4 heteroatoms. The van der Waals surface area contributed by atoms with Crippen LogP contribution in [0.15, 0.2) is 21.1 Å². The molecule has 0 saturated heterocycles. The van der Waals surface area contributed by atoms with E-state index in [9.17, 15) is 9.18 Å². The summed E-state index contributed by atoms with van der Waals surface area (Å²) in [6.07, 6.45) is 1.45. The minimum absolute atomic E-state index is 0.0655. The molecule has 0 aliphatic rings. The number of hydrogen-bond acceptors (Lipinski definition) is 1. The Morgan fingerprint density at radius 2 is 1.55 bits per heavy atom. The van der Waals surface area contributed by atoms with E-state index >= 15 is 0 Å². The fourth-order valence-corrected chi connectivity index (χ4v) is 3.90. The van der Waals surface area contributed by atoms with Crippen LogP contribution in [0, 0.1) is 22.6 Å². The van der Waals surface area contributed by atoms with E-state index in [1.807, 2.05) is 20.8 Å². The smallest absolute Gasteiger partial charge is 0.151 e. The van der Waals surface area contributed by atoms with Crippen LogP contribution in [0.2, 0.25) is 0 Å². The molecule has 0 fully saturated rings. The zero-order chi connectivity index (χ0) is 17.3. The zero-order valence-corrected chi connectivity index (χ0v) is 17.4. The van der Waals surface area contributed by atoms with Gasteiger partial charge in [-0.3, -0.25) is 4.79 Å². The third-order valence-electron chi connectivity index (χ3n) is 3.49. The topological polar surface area (TPSA) is 17.1 Å². The Balaban J connectivity index is 3.11. The number of Topliss-reactive ketones (excluding diaryl/α,β-unsaturated/α-hetero) is 1. The first-order chi connectivity index (χ1) is 9.81. The quantitative estimate of drug-likeness (QED) is 0.489. The molecule has 0 radical (unpaired) electrons. The number of carbonyl (C=O) groups excluding carboxylic acids is 1. The van der Waals surface area contributed by atoms with Crippen molar-refractivity contribution in [2.45, 2.75) is 54.4 Å². The van der Waals surface area contributed by atoms with E-state index in [0.717, 1.165) is 12.0 Å². The molecule has 1 unspecified atom stereocenters. The van der Waals surface area contributed by atoms with E-state index < -0.39 is 0 Å². The van der Waals surface area contributed by atoms with Crippen LogP contribution >= 0.6 is 31.9 Å². The predicted molar refractivity (Wildman–Crippen MR) is 97.5 cm³/mol. The first-order valence-electron chi connectivity index (χ1n) is 7.49. The van der Waals surface area contributed by atoms with E-state index in [4.69, 9.17) is 0 Å². The Bertz CT molecular complexity index is 530. The molecule has 0 aliphatic carbocycles. The van der Waals surface area contributed by atoms with Gasteiger partial charge in [0.15, 0.2) is 5.82 Å². The zero-order valence-electron chi connectivity index (χ0n) is 14.2. The minimum Gasteiger partial charge on any atom is -0.299 e. The molecular formula is C18H25Br2FO. The molecule has 124 valence electrons. The maximum Gasteiger partial charge on any atom is 0.151 e. The Hall–Kier alpha value is -0.220. The van der Waals surface area contributed by atoms with Crippen molar-refractivity contribution in [2.75, 3.05) is 0 Å². The SMILES string of the molecule is CC(C)(C)CC(Cc1cc(Br)c(F)c(Br)c1)C(=O)C(C)(C)C. The Kier molecular flexibility index (Phi) is 6.42. The summed E-state index contributed by atoms with van der Waals surface area (Å²) in [5.74, 6) is -0.110. The van der Waals surface area contributed by atoms with Crippen LogP contribution in [0.5, 0.6) is 0 Å². The van der Waals surface area contributed by atoms with Gasteiger partial charge in [0.05, 0.1) is 8.95 Å². The molecule has 1 aromatic carbocycles. The largest absolute Gasteiger partial charge is 0.299 e. The Morgan fingerprint density at radius 3 is 1.91 bits per heavy atom. The van der Waals surface area contributed by atoms with E-state index in [-0.39, 0.29) is 28.3 Å². The monoisotopic (exact) mass is 434 g/mol. The van der Waals surface area contributed by atoms with Gasteiger partial charge in [-0.1, -0.05) is 41.5 Å². The molecular weight excluding hydrogens is 411 g/mol. The van der Waals surface area contributed by atoms with Crippen LogP contribution in [0.4, 0.5) is 4.39 Å². The third-order valence-corrected chi connectivity index (χ3v) is 4.65. The summed E-state index contributed by atoms with van der Waals surface area (Å²) in [4.78, 5) is 12.8. The molecule has 0 saturated carbocycles. The second kappa shape index (κ2) is 7.12. The van der Waals surface area contributed by atoms with Crippen LogP contribution in [-0.2, 0) is 11.2 Å². The molecule has 0 amide bonds. The maximum atomic E-state index is 13.7. The minimum atomic E-state index is -0.371. The lowest BCUT2D eigenvalue weighted by Crippen LogP contribution is -2.32. The molecule has 22 heavy (non-hydrogen) atoms. The van der Waals surface area contributed by atoms with Gasteiger partial charge in [0.2, 0.25) is 0 Å². The molecule has 1 aromatic rings. The highest BCUT2D eigenvalue weighted by molar-refractivity contribution is 9.11. The fraction of sp³-hybridized carbons (Fsp3) is 0.611. The van der Waals surface area contributed by atoms with Gasteiger partial charge in [-0.15, -0.1) is 0 Å². The number of rotatable bonds is 4. The van der Waals surface area contributed by atoms with Gasteiger partial charge in [0.1, 0.15) is 5.78 Å². The lowest BCUT2D eigenvalue weighted by Gasteiger charge is -2.30. The molecule has 1 rings (SSSR count). The lowest BCUT2D eigenvalue weighted by molar-refractivity contribution is -0.131. The summed E-state index contributed by atoms with van der Waals surface area (Å²) in [5, 5.41) is 0. The molecule has 0 N–H and O–H groups in total. The summed E-state index contributed by atoms with van der Waals surface area (Å²) in [5.41, 5.74) is 0.664. The van der Waals surface area contributed by atoms with Crippen molar-refractivity contribution in [3.05, 3.63) is 32.5 Å². The van der Waals surface area contributed by atoms with Crippen molar-refractivity contribution >= 4 is 37.6 Å². The molecule has 0 bridgehead atoms. The molecule has 1 nitrogen and oxygen atoms in total. The van der Waals surface area contributed by atoms with Crippen molar-refractivity contribution in [1.82, 2.24) is 0 Å². The van der Waals surface area contributed by atoms with Crippen molar-refractivity contribution < 1.29 is 9.18 Å². The van der Waals surface area contributed by atoms with Crippen molar-refractivity contribution in [3.63, 3.8) is 0 Å². The summed E-state index contributed by atoms with van der Waals surface area (Å²) < 4.78 is 14.6. The highest BCUT2D eigenvalue weighted by Gasteiger charge is 2.32. The average Bonchev–Trinajstić information content (AvgIpc) is 2.31. The third kappa shape index (κ3) is 5.77. The van der Waals surface area contributed by atoms with Gasteiger partial charge in [-0.05, 0) is 67.8 Å². The van der Waals surface area contributed by atoms with Gasteiger partial charge in [-0.25, -0.2) is 4.39 Å². The van der Waals surface area contributed by atoms with Gasteiger partial charge >= 0.3 is 0 Å². The summed E-state index contributed by atoms with van der Waals surface area (Å²) >= 11 is 6.47. The standard InChI is InChI=1S/C18H25Br2FO/c1-17(2,3)10-12(16(22)18(4,5)6)7-11-8-13(19)15(21)14(20)9-11/h8-9,12H,7,10H2,1-6H3. The van der Waals surface area contributed by atoms with Gasteiger partial charge in [-0.2, -0.15) is 0 Å². The molecule has 0 aliphatic heterocycles. The van der Waals surface area contributed by atoms with Crippen LogP contribution in [0.1, 0.15) is 53.5 Å². The number of ketones is 1. The number of benzene rings is 1. The second-order valence-electron chi connectivity index (χ2n) is 8.15. The number of carbonyl (C=O) groups is 1. The van der Waals surface area contributed by atoms with Crippen molar-refractivity contribution in [2.24, 2.45) is 16.7 Å². The highest BCUT2D eigenvalue weighted by atomic mass is 79.9. The normalized spacial score (nSPS) is 14.0. The van der Waals surface area contributed by atoms with Crippen LogP contribution in [-0.4, -0.2) is 5.78 Å². The van der Waals surface area contributed by atoms with Gasteiger partial charge in [0, 0.05) is 11.3 Å². The van der Waals surface area contributed by atoms with E-state index in [2.05, 4.69) is 52.6 Å². The first kappa shape index (κ1) is 19.8. The second-order valence-corrected chi connectivity index (χ2v) is 9.86. The molecule has 0 aromatic heterocycles. The Labute approximate surface area is 150 Å². The first-order valence-corrected chi connectivity index (χ1v) is 9.07. The summed E-state index contributed by atoms with van der Waals surface area (Å²) in [6, 6.07) is 3.54. The Morgan fingerprint density at radius 1 is 1.09 bits per heavy atom. The summed E-state index contributed by atoms with van der Waals surface area (Å²) in [7, 11) is 0. The number of halogens is 3.